The Morgan fingerprint density at radius 2 is 1.71 bits per heavy atom. The standard InChI is InChI=1S/C27H32N2O6/c1-2-23(17-8-7-13-34-15-17)28-26(32)24(14-25(30)31)29-27(33)35-16-22-20-11-5-3-9-18(20)19-10-4-6-12-21(19)22/h3-6,9-12,17,22-24H,2,7-8,13-16H2,1H3,(H,28,32)(H,29,33)(H,30,31). The molecule has 8 nitrogen and oxygen atoms in total. The second kappa shape index (κ2) is 11.4. The molecule has 4 rings (SSSR count). The summed E-state index contributed by atoms with van der Waals surface area (Å²) in [6, 6.07) is 14.6. The van der Waals surface area contributed by atoms with Gasteiger partial charge in [-0.2, -0.15) is 0 Å². The zero-order valence-electron chi connectivity index (χ0n) is 19.9. The van der Waals surface area contributed by atoms with Crippen LogP contribution in [0.4, 0.5) is 4.79 Å². The fraction of sp³-hybridized carbons (Fsp3) is 0.444. The van der Waals surface area contributed by atoms with E-state index >= 15 is 0 Å². The van der Waals surface area contributed by atoms with Crippen LogP contribution in [0.15, 0.2) is 48.5 Å². The second-order valence-electron chi connectivity index (χ2n) is 9.12. The van der Waals surface area contributed by atoms with Gasteiger partial charge in [-0.15, -0.1) is 0 Å². The van der Waals surface area contributed by atoms with Crippen LogP contribution in [-0.2, 0) is 19.1 Å². The van der Waals surface area contributed by atoms with Crippen molar-refractivity contribution in [1.82, 2.24) is 10.6 Å². The van der Waals surface area contributed by atoms with Crippen LogP contribution in [0.1, 0.15) is 49.7 Å². The van der Waals surface area contributed by atoms with Gasteiger partial charge in [0.15, 0.2) is 0 Å². The Labute approximate surface area is 205 Å². The highest BCUT2D eigenvalue weighted by atomic mass is 16.5. The molecule has 0 radical (unpaired) electrons. The Hall–Kier alpha value is -3.39. The molecule has 0 aromatic heterocycles. The number of amides is 2. The summed E-state index contributed by atoms with van der Waals surface area (Å²) in [7, 11) is 0. The average molecular weight is 481 g/mol. The summed E-state index contributed by atoms with van der Waals surface area (Å²) in [5.74, 6) is -1.68. The molecule has 0 bridgehead atoms. The highest BCUT2D eigenvalue weighted by molar-refractivity contribution is 5.89. The van der Waals surface area contributed by atoms with Gasteiger partial charge in [0.05, 0.1) is 13.0 Å². The van der Waals surface area contributed by atoms with Crippen LogP contribution in [0.2, 0.25) is 0 Å². The van der Waals surface area contributed by atoms with Crippen molar-refractivity contribution in [2.24, 2.45) is 5.92 Å². The minimum Gasteiger partial charge on any atom is -0.481 e. The van der Waals surface area contributed by atoms with Crippen molar-refractivity contribution < 1.29 is 29.0 Å². The first-order valence-electron chi connectivity index (χ1n) is 12.2. The van der Waals surface area contributed by atoms with Crippen molar-refractivity contribution in [3.8, 4) is 11.1 Å². The van der Waals surface area contributed by atoms with Crippen LogP contribution >= 0.6 is 0 Å². The van der Waals surface area contributed by atoms with E-state index in [1.165, 1.54) is 0 Å². The Kier molecular flexibility index (Phi) is 8.02. The van der Waals surface area contributed by atoms with Crippen molar-refractivity contribution in [2.75, 3.05) is 19.8 Å². The van der Waals surface area contributed by atoms with Crippen molar-refractivity contribution >= 4 is 18.0 Å². The number of rotatable bonds is 9. The molecular formula is C27H32N2O6. The summed E-state index contributed by atoms with van der Waals surface area (Å²) in [6.45, 7) is 3.32. The van der Waals surface area contributed by atoms with E-state index in [0.717, 1.165) is 35.1 Å². The fourth-order valence-corrected chi connectivity index (χ4v) is 5.09. The summed E-state index contributed by atoms with van der Waals surface area (Å²) < 4.78 is 11.0. The van der Waals surface area contributed by atoms with Gasteiger partial charge >= 0.3 is 12.1 Å². The molecule has 3 atom stereocenters. The van der Waals surface area contributed by atoms with E-state index in [1.54, 1.807) is 0 Å². The van der Waals surface area contributed by atoms with Crippen molar-refractivity contribution in [3.05, 3.63) is 59.7 Å². The lowest BCUT2D eigenvalue weighted by molar-refractivity contribution is -0.140. The third kappa shape index (κ3) is 5.82. The van der Waals surface area contributed by atoms with Gasteiger partial charge in [0.25, 0.3) is 0 Å². The molecule has 0 saturated carbocycles. The van der Waals surface area contributed by atoms with Crippen LogP contribution in [0.3, 0.4) is 0 Å². The monoisotopic (exact) mass is 480 g/mol. The number of carbonyl (C=O) groups excluding carboxylic acids is 2. The smallest absolute Gasteiger partial charge is 0.407 e. The number of hydrogen-bond acceptors (Lipinski definition) is 5. The predicted molar refractivity (Wildman–Crippen MR) is 130 cm³/mol. The molecule has 1 saturated heterocycles. The largest absolute Gasteiger partial charge is 0.481 e. The SMILES string of the molecule is CCC(NC(=O)C(CC(=O)O)NC(=O)OCC1c2ccccc2-c2ccccc21)C1CCCOC1. The van der Waals surface area contributed by atoms with Gasteiger partial charge in [0.2, 0.25) is 5.91 Å². The molecule has 1 aliphatic heterocycles. The van der Waals surface area contributed by atoms with E-state index in [-0.39, 0.29) is 24.5 Å². The van der Waals surface area contributed by atoms with Crippen LogP contribution in [-0.4, -0.2) is 55.0 Å². The number of ether oxygens (including phenoxy) is 2. The molecule has 3 unspecified atom stereocenters. The molecule has 2 amide bonds. The number of nitrogens with one attached hydrogen (secondary N) is 2. The summed E-state index contributed by atoms with van der Waals surface area (Å²) in [5, 5.41) is 14.7. The van der Waals surface area contributed by atoms with Gasteiger partial charge in [-0.25, -0.2) is 4.79 Å². The number of fused-ring (bicyclic) bond motifs is 3. The Morgan fingerprint density at radius 3 is 2.29 bits per heavy atom. The first-order valence-corrected chi connectivity index (χ1v) is 12.2. The molecule has 2 aromatic carbocycles. The van der Waals surface area contributed by atoms with Crippen molar-refractivity contribution in [1.29, 1.82) is 0 Å². The van der Waals surface area contributed by atoms with Gasteiger partial charge < -0.3 is 25.2 Å². The maximum atomic E-state index is 12.9. The summed E-state index contributed by atoms with van der Waals surface area (Å²) >= 11 is 0. The molecule has 186 valence electrons. The quantitative estimate of drug-likeness (QED) is 0.504. The summed E-state index contributed by atoms with van der Waals surface area (Å²) in [5.41, 5.74) is 4.36. The second-order valence-corrected chi connectivity index (χ2v) is 9.12. The third-order valence-electron chi connectivity index (χ3n) is 6.86. The van der Waals surface area contributed by atoms with Crippen LogP contribution in [0, 0.1) is 5.92 Å². The van der Waals surface area contributed by atoms with E-state index in [9.17, 15) is 19.5 Å². The summed E-state index contributed by atoms with van der Waals surface area (Å²) in [6.07, 6.45) is 1.19. The lowest BCUT2D eigenvalue weighted by Crippen LogP contribution is -2.52. The van der Waals surface area contributed by atoms with Gasteiger partial charge in [0.1, 0.15) is 12.6 Å². The van der Waals surface area contributed by atoms with Gasteiger partial charge in [-0.3, -0.25) is 9.59 Å². The maximum Gasteiger partial charge on any atom is 0.407 e. The Balaban J connectivity index is 1.39. The number of carboxylic acids is 1. The number of benzene rings is 2. The number of carbonyl (C=O) groups is 3. The highest BCUT2D eigenvalue weighted by Crippen LogP contribution is 2.44. The molecule has 1 heterocycles. The van der Waals surface area contributed by atoms with Gasteiger partial charge in [-0.05, 0) is 41.5 Å². The Bertz CT molecular complexity index is 1020. The topological polar surface area (TPSA) is 114 Å². The van der Waals surface area contributed by atoms with Crippen LogP contribution < -0.4 is 10.6 Å². The number of alkyl carbamates (subject to hydrolysis) is 1. The maximum absolute atomic E-state index is 12.9. The van der Waals surface area contributed by atoms with E-state index in [2.05, 4.69) is 10.6 Å². The molecular weight excluding hydrogens is 448 g/mol. The first kappa shape index (κ1) is 24.7. The molecule has 0 spiro atoms. The number of carboxylic acid groups (broad SMARTS) is 1. The first-order chi connectivity index (χ1) is 17.0. The molecule has 1 aliphatic carbocycles. The predicted octanol–water partition coefficient (Wildman–Crippen LogP) is 3.69. The molecule has 35 heavy (non-hydrogen) atoms. The number of aliphatic carboxylic acids is 1. The average Bonchev–Trinajstić information content (AvgIpc) is 3.19. The van der Waals surface area contributed by atoms with Crippen molar-refractivity contribution in [2.45, 2.75) is 50.6 Å². The normalized spacial score (nSPS) is 18.6. The molecule has 1 fully saturated rings. The molecule has 2 aromatic rings. The lowest BCUT2D eigenvalue weighted by atomic mass is 9.91. The molecule has 8 heteroatoms. The van der Waals surface area contributed by atoms with E-state index < -0.39 is 30.4 Å². The fourth-order valence-electron chi connectivity index (χ4n) is 5.09. The van der Waals surface area contributed by atoms with Crippen molar-refractivity contribution in [3.63, 3.8) is 0 Å². The zero-order valence-corrected chi connectivity index (χ0v) is 19.9. The molecule has 2 aliphatic rings. The van der Waals surface area contributed by atoms with Crippen LogP contribution in [0.5, 0.6) is 0 Å². The van der Waals surface area contributed by atoms with Gasteiger partial charge in [-0.1, -0.05) is 55.5 Å². The van der Waals surface area contributed by atoms with E-state index in [0.29, 0.717) is 19.6 Å². The minimum atomic E-state index is -1.23. The highest BCUT2D eigenvalue weighted by Gasteiger charge is 2.32. The zero-order chi connectivity index (χ0) is 24.8. The lowest BCUT2D eigenvalue weighted by Gasteiger charge is -2.31. The minimum absolute atomic E-state index is 0.0816. The third-order valence-corrected chi connectivity index (χ3v) is 6.86. The van der Waals surface area contributed by atoms with Crippen LogP contribution in [0.25, 0.3) is 11.1 Å². The Morgan fingerprint density at radius 1 is 1.06 bits per heavy atom. The molecule has 3 N–H and O–H groups in total. The van der Waals surface area contributed by atoms with E-state index in [4.69, 9.17) is 9.47 Å². The van der Waals surface area contributed by atoms with Gasteiger partial charge in [0, 0.05) is 24.5 Å². The number of hydrogen-bond donors (Lipinski definition) is 3. The van der Waals surface area contributed by atoms with E-state index in [1.807, 2.05) is 55.5 Å². The summed E-state index contributed by atoms with van der Waals surface area (Å²) in [4.78, 5) is 37.0.